The van der Waals surface area contributed by atoms with Gasteiger partial charge < -0.3 is 4.74 Å². The monoisotopic (exact) mass is 318 g/mol. The van der Waals surface area contributed by atoms with E-state index in [0.717, 1.165) is 0 Å². The standard InChI is InChI=1S/C15H14N2O4S/c1-9(18)17-13(14(20)16-15(17)22-3)8-11-4-6-12(7-5-11)21-10(2)19/h4-8H,1-3H3/b13-8+. The molecular weight excluding hydrogens is 304 g/mol. The van der Waals surface area contributed by atoms with Crippen LogP contribution in [-0.4, -0.2) is 34.1 Å². The quantitative estimate of drug-likeness (QED) is 0.474. The van der Waals surface area contributed by atoms with Crippen molar-refractivity contribution in [3.63, 3.8) is 0 Å². The average Bonchev–Trinajstić information content (AvgIpc) is 2.77. The molecule has 0 atom stereocenters. The molecule has 0 fully saturated rings. The van der Waals surface area contributed by atoms with E-state index in [1.807, 2.05) is 0 Å². The molecule has 1 aliphatic rings. The number of hydrogen-bond acceptors (Lipinski definition) is 5. The highest BCUT2D eigenvalue weighted by Crippen LogP contribution is 2.24. The second-order valence-electron chi connectivity index (χ2n) is 4.45. The molecule has 0 aromatic heterocycles. The number of rotatable bonds is 2. The fourth-order valence-electron chi connectivity index (χ4n) is 1.92. The fourth-order valence-corrected chi connectivity index (χ4v) is 2.50. The highest BCUT2D eigenvalue weighted by molar-refractivity contribution is 8.13. The molecule has 1 aliphatic heterocycles. The molecule has 2 rings (SSSR count). The van der Waals surface area contributed by atoms with Gasteiger partial charge in [0.2, 0.25) is 5.91 Å². The highest BCUT2D eigenvalue weighted by atomic mass is 32.2. The molecule has 114 valence electrons. The van der Waals surface area contributed by atoms with E-state index in [4.69, 9.17) is 4.74 Å². The summed E-state index contributed by atoms with van der Waals surface area (Å²) < 4.78 is 4.94. The SMILES string of the molecule is CSC1=NC(=O)/C(=C\c2ccc(OC(C)=O)cc2)N1C(C)=O. The number of amidine groups is 1. The van der Waals surface area contributed by atoms with Crippen molar-refractivity contribution >= 4 is 40.8 Å². The minimum absolute atomic E-state index is 0.206. The Balaban J connectivity index is 2.30. The van der Waals surface area contributed by atoms with Crippen LogP contribution in [0.4, 0.5) is 0 Å². The molecule has 0 saturated carbocycles. The number of nitrogens with zero attached hydrogens (tertiary/aromatic N) is 2. The lowest BCUT2D eigenvalue weighted by Gasteiger charge is -2.15. The third kappa shape index (κ3) is 3.43. The molecule has 1 aromatic rings. The number of hydrogen-bond donors (Lipinski definition) is 0. The van der Waals surface area contributed by atoms with Crippen molar-refractivity contribution < 1.29 is 19.1 Å². The van der Waals surface area contributed by atoms with Gasteiger partial charge in [0.1, 0.15) is 11.4 Å². The van der Waals surface area contributed by atoms with Crippen molar-refractivity contribution in [2.24, 2.45) is 4.99 Å². The van der Waals surface area contributed by atoms with Crippen molar-refractivity contribution in [1.29, 1.82) is 0 Å². The third-order valence-electron chi connectivity index (χ3n) is 2.79. The van der Waals surface area contributed by atoms with Crippen LogP contribution in [-0.2, 0) is 14.4 Å². The predicted octanol–water partition coefficient (Wildman–Crippen LogP) is 2.06. The van der Waals surface area contributed by atoms with Gasteiger partial charge in [0.25, 0.3) is 5.91 Å². The number of ether oxygens (including phenoxy) is 1. The van der Waals surface area contributed by atoms with E-state index in [-0.39, 0.29) is 11.6 Å². The van der Waals surface area contributed by atoms with Crippen LogP contribution in [0.2, 0.25) is 0 Å². The first-order valence-corrected chi connectivity index (χ1v) is 7.62. The number of carbonyl (C=O) groups is 3. The molecule has 0 spiro atoms. The second kappa shape index (κ2) is 6.57. The normalized spacial score (nSPS) is 16.0. The summed E-state index contributed by atoms with van der Waals surface area (Å²) in [5.41, 5.74) is 0.903. The smallest absolute Gasteiger partial charge is 0.308 e. The van der Waals surface area contributed by atoms with E-state index < -0.39 is 11.9 Å². The van der Waals surface area contributed by atoms with Gasteiger partial charge in [0.05, 0.1) is 0 Å². The van der Waals surface area contributed by atoms with Crippen molar-refractivity contribution in [2.45, 2.75) is 13.8 Å². The molecule has 1 heterocycles. The number of esters is 1. The minimum atomic E-state index is -0.455. The molecule has 1 aromatic carbocycles. The second-order valence-corrected chi connectivity index (χ2v) is 5.22. The maximum Gasteiger partial charge on any atom is 0.308 e. The summed E-state index contributed by atoms with van der Waals surface area (Å²) in [6.45, 7) is 2.70. The van der Waals surface area contributed by atoms with Gasteiger partial charge in [-0.25, -0.2) is 0 Å². The Morgan fingerprint density at radius 3 is 2.36 bits per heavy atom. The average molecular weight is 318 g/mol. The molecule has 6 nitrogen and oxygen atoms in total. The molecule has 2 amide bonds. The van der Waals surface area contributed by atoms with Crippen molar-refractivity contribution in [3.05, 3.63) is 35.5 Å². The Kier molecular flexibility index (Phi) is 4.77. The van der Waals surface area contributed by atoms with E-state index in [0.29, 0.717) is 16.5 Å². The van der Waals surface area contributed by atoms with Crippen molar-refractivity contribution in [1.82, 2.24) is 4.90 Å². The molecule has 0 saturated heterocycles. The maximum absolute atomic E-state index is 11.9. The van der Waals surface area contributed by atoms with Gasteiger partial charge in [0.15, 0.2) is 5.17 Å². The molecule has 7 heteroatoms. The van der Waals surface area contributed by atoms with E-state index in [9.17, 15) is 14.4 Å². The fraction of sp³-hybridized carbons (Fsp3) is 0.200. The van der Waals surface area contributed by atoms with Crippen LogP contribution in [0.1, 0.15) is 19.4 Å². The van der Waals surface area contributed by atoms with Crippen LogP contribution in [0.15, 0.2) is 35.0 Å². The Hall–Kier alpha value is -2.41. The highest BCUT2D eigenvalue weighted by Gasteiger charge is 2.31. The van der Waals surface area contributed by atoms with Gasteiger partial charge in [0, 0.05) is 13.8 Å². The number of amides is 2. The Bertz CT molecular complexity index is 692. The Morgan fingerprint density at radius 1 is 1.23 bits per heavy atom. The van der Waals surface area contributed by atoms with E-state index in [1.54, 1.807) is 36.6 Å². The Labute approximate surface area is 131 Å². The minimum Gasteiger partial charge on any atom is -0.427 e. The van der Waals surface area contributed by atoms with Gasteiger partial charge in [-0.05, 0) is 30.0 Å². The summed E-state index contributed by atoms with van der Waals surface area (Å²) in [5, 5.41) is 0.361. The molecule has 22 heavy (non-hydrogen) atoms. The zero-order chi connectivity index (χ0) is 16.3. The van der Waals surface area contributed by atoms with Crippen LogP contribution in [0.25, 0.3) is 6.08 Å². The first-order valence-electron chi connectivity index (χ1n) is 6.40. The zero-order valence-corrected chi connectivity index (χ0v) is 13.1. The lowest BCUT2D eigenvalue weighted by Crippen LogP contribution is -2.29. The third-order valence-corrected chi connectivity index (χ3v) is 3.43. The van der Waals surface area contributed by atoms with Gasteiger partial charge in [-0.2, -0.15) is 4.99 Å². The number of thioether (sulfide) groups is 1. The van der Waals surface area contributed by atoms with E-state index in [2.05, 4.69) is 4.99 Å². The molecule has 0 N–H and O–H groups in total. The predicted molar refractivity (Wildman–Crippen MR) is 84.2 cm³/mol. The maximum atomic E-state index is 11.9. The van der Waals surface area contributed by atoms with Crippen LogP contribution >= 0.6 is 11.8 Å². The zero-order valence-electron chi connectivity index (χ0n) is 12.3. The lowest BCUT2D eigenvalue weighted by molar-refractivity contribution is -0.132. The molecule has 0 unspecified atom stereocenters. The molecular formula is C15H14N2O4S. The van der Waals surface area contributed by atoms with Crippen LogP contribution in [0.3, 0.4) is 0 Å². The van der Waals surface area contributed by atoms with Gasteiger partial charge in [-0.15, -0.1) is 0 Å². The number of aliphatic imine (C=N–C) groups is 1. The molecule has 0 radical (unpaired) electrons. The topological polar surface area (TPSA) is 76.0 Å². The van der Waals surface area contributed by atoms with Crippen LogP contribution in [0, 0.1) is 0 Å². The van der Waals surface area contributed by atoms with Crippen molar-refractivity contribution in [2.75, 3.05) is 6.26 Å². The van der Waals surface area contributed by atoms with E-state index in [1.165, 1.54) is 30.5 Å². The van der Waals surface area contributed by atoms with Crippen LogP contribution in [0.5, 0.6) is 5.75 Å². The summed E-state index contributed by atoms with van der Waals surface area (Å²) in [5.74, 6) is -0.722. The summed E-state index contributed by atoms with van der Waals surface area (Å²) in [6, 6.07) is 6.60. The van der Waals surface area contributed by atoms with Gasteiger partial charge >= 0.3 is 5.97 Å². The van der Waals surface area contributed by atoms with Crippen LogP contribution < -0.4 is 4.74 Å². The largest absolute Gasteiger partial charge is 0.427 e. The molecule has 0 bridgehead atoms. The lowest BCUT2D eigenvalue weighted by atomic mass is 10.1. The van der Waals surface area contributed by atoms with Gasteiger partial charge in [-0.3, -0.25) is 19.3 Å². The summed E-state index contributed by atoms with van der Waals surface area (Å²) in [6.07, 6.45) is 3.33. The summed E-state index contributed by atoms with van der Waals surface area (Å²) in [4.78, 5) is 39.7. The van der Waals surface area contributed by atoms with Crippen molar-refractivity contribution in [3.8, 4) is 5.75 Å². The number of carbonyl (C=O) groups excluding carboxylic acids is 3. The first-order chi connectivity index (χ1) is 10.4. The summed E-state index contributed by atoms with van der Waals surface area (Å²) >= 11 is 1.23. The van der Waals surface area contributed by atoms with Gasteiger partial charge in [-0.1, -0.05) is 23.9 Å². The summed E-state index contributed by atoms with van der Waals surface area (Å²) in [7, 11) is 0. The van der Waals surface area contributed by atoms with E-state index >= 15 is 0 Å². The Morgan fingerprint density at radius 2 is 1.86 bits per heavy atom. The number of benzene rings is 1. The molecule has 0 aliphatic carbocycles. The first kappa shape index (κ1) is 16.0.